The maximum Gasteiger partial charge on any atom is 0.274 e. The lowest BCUT2D eigenvalue weighted by molar-refractivity contribution is -0.00543. The van der Waals surface area contributed by atoms with Crippen molar-refractivity contribution in [3.8, 4) is 0 Å². The second-order valence-corrected chi connectivity index (χ2v) is 7.71. The topological polar surface area (TPSA) is 87.9 Å². The molecule has 4 rings (SSSR count). The van der Waals surface area contributed by atoms with Crippen LogP contribution in [0, 0.1) is 5.82 Å². The number of likely N-dealkylation sites (tertiary alicyclic amines) is 1. The van der Waals surface area contributed by atoms with E-state index in [1.165, 1.54) is 6.07 Å². The van der Waals surface area contributed by atoms with Crippen LogP contribution in [-0.4, -0.2) is 73.7 Å². The van der Waals surface area contributed by atoms with Crippen molar-refractivity contribution < 1.29 is 23.2 Å². The molecular weight excluding hydrogens is 367 g/mol. The molecule has 2 atom stereocenters. The smallest absolute Gasteiger partial charge is 0.274 e. The normalized spacial score (nSPS) is 23.6. The average molecular weight is 390 g/mol. The van der Waals surface area contributed by atoms with Gasteiger partial charge in [-0.3, -0.25) is 9.59 Å². The van der Waals surface area contributed by atoms with Gasteiger partial charge in [0.2, 0.25) is 5.58 Å². The lowest BCUT2D eigenvalue weighted by Crippen LogP contribution is -2.57. The van der Waals surface area contributed by atoms with E-state index in [-0.39, 0.29) is 46.2 Å². The first-order valence-electron chi connectivity index (χ1n) is 9.34. The third-order valence-electron chi connectivity index (χ3n) is 5.19. The molecule has 8 nitrogen and oxygen atoms in total. The average Bonchev–Trinajstić information content (AvgIpc) is 3.03. The molecule has 2 unspecified atom stereocenters. The monoisotopic (exact) mass is 390 g/mol. The molecule has 28 heavy (non-hydrogen) atoms. The highest BCUT2D eigenvalue weighted by atomic mass is 19.1. The summed E-state index contributed by atoms with van der Waals surface area (Å²) in [7, 11) is 1.95. The lowest BCUT2D eigenvalue weighted by Gasteiger charge is -2.37. The van der Waals surface area contributed by atoms with Crippen LogP contribution >= 0.6 is 0 Å². The molecule has 2 saturated heterocycles. The van der Waals surface area contributed by atoms with E-state index < -0.39 is 11.7 Å². The molecule has 1 aromatic heterocycles. The van der Waals surface area contributed by atoms with E-state index in [2.05, 4.69) is 15.4 Å². The van der Waals surface area contributed by atoms with E-state index in [0.717, 1.165) is 13.1 Å². The lowest BCUT2D eigenvalue weighted by atomic mass is 10.0. The Labute approximate surface area is 161 Å². The predicted octanol–water partition coefficient (Wildman–Crippen LogP) is 1.44. The van der Waals surface area contributed by atoms with Crippen LogP contribution in [-0.2, 0) is 4.74 Å². The van der Waals surface area contributed by atoms with Crippen LogP contribution in [0.4, 0.5) is 10.1 Å². The summed E-state index contributed by atoms with van der Waals surface area (Å²) >= 11 is 0. The molecule has 0 aliphatic carbocycles. The molecule has 0 radical (unpaired) electrons. The van der Waals surface area contributed by atoms with Gasteiger partial charge >= 0.3 is 0 Å². The van der Waals surface area contributed by atoms with Crippen molar-refractivity contribution in [2.75, 3.05) is 38.1 Å². The first-order valence-corrected chi connectivity index (χ1v) is 9.34. The summed E-state index contributed by atoms with van der Waals surface area (Å²) in [6, 6.07) is 1.50. The first kappa shape index (κ1) is 18.8. The number of morpholine rings is 1. The number of likely N-dealkylation sites (N-methyl/N-ethyl adjacent to an activating group) is 1. The van der Waals surface area contributed by atoms with E-state index >= 15 is 4.39 Å². The molecule has 0 saturated carbocycles. The number of nitrogens with zero attached hydrogens (tertiary/aromatic N) is 3. The summed E-state index contributed by atoms with van der Waals surface area (Å²) < 4.78 is 26.2. The number of carbonyl (C=O) groups is 2. The quantitative estimate of drug-likeness (QED) is 0.791. The molecule has 2 aromatic rings. The molecule has 1 amide bonds. The van der Waals surface area contributed by atoms with Crippen molar-refractivity contribution in [3.63, 3.8) is 0 Å². The number of hydrogen-bond acceptors (Lipinski definition) is 7. The second-order valence-electron chi connectivity index (χ2n) is 7.71. The minimum Gasteiger partial charge on any atom is -0.372 e. The van der Waals surface area contributed by atoms with Crippen LogP contribution in [0.1, 0.15) is 34.7 Å². The minimum atomic E-state index is -0.684. The predicted molar refractivity (Wildman–Crippen MR) is 100 cm³/mol. The summed E-state index contributed by atoms with van der Waals surface area (Å²) in [5.41, 5.74) is 0.185. The highest BCUT2D eigenvalue weighted by Gasteiger charge is 2.31. The molecule has 150 valence electrons. The Morgan fingerprint density at radius 1 is 1.29 bits per heavy atom. The van der Waals surface area contributed by atoms with E-state index in [0.29, 0.717) is 19.4 Å². The Morgan fingerprint density at radius 2 is 1.96 bits per heavy atom. The van der Waals surface area contributed by atoms with Crippen LogP contribution in [0.15, 0.2) is 10.6 Å². The van der Waals surface area contributed by atoms with E-state index in [9.17, 15) is 9.59 Å². The zero-order valence-corrected chi connectivity index (χ0v) is 16.1. The molecule has 3 heterocycles. The van der Waals surface area contributed by atoms with Crippen molar-refractivity contribution in [2.45, 2.75) is 32.1 Å². The summed E-state index contributed by atoms with van der Waals surface area (Å²) in [5, 5.41) is 6.82. The number of carbonyl (C=O) groups excluding carboxylic acids is 2. The number of aldehydes is 1. The molecule has 0 bridgehead atoms. The zero-order chi connectivity index (χ0) is 20.0. The number of amides is 1. The van der Waals surface area contributed by atoms with Crippen LogP contribution in [0.2, 0.25) is 0 Å². The Bertz CT molecular complexity index is 914. The van der Waals surface area contributed by atoms with Gasteiger partial charge < -0.3 is 24.4 Å². The first-order chi connectivity index (χ1) is 13.4. The number of aromatic nitrogens is 1. The largest absolute Gasteiger partial charge is 0.372 e. The molecular formula is C19H23FN4O4. The van der Waals surface area contributed by atoms with Gasteiger partial charge in [-0.2, -0.15) is 0 Å². The van der Waals surface area contributed by atoms with Crippen LogP contribution in [0.3, 0.4) is 0 Å². The number of rotatable bonds is 4. The van der Waals surface area contributed by atoms with Crippen molar-refractivity contribution in [1.29, 1.82) is 0 Å². The second kappa shape index (κ2) is 7.14. The minimum absolute atomic E-state index is 0.0122. The summed E-state index contributed by atoms with van der Waals surface area (Å²) in [4.78, 5) is 28.1. The van der Waals surface area contributed by atoms with E-state index in [1.807, 2.05) is 20.9 Å². The molecule has 9 heteroatoms. The van der Waals surface area contributed by atoms with Gasteiger partial charge in [-0.15, -0.1) is 0 Å². The third kappa shape index (κ3) is 3.24. The number of benzene rings is 1. The summed E-state index contributed by atoms with van der Waals surface area (Å²) in [6.45, 7) is 6.18. The number of fused-ring (bicyclic) bond motifs is 1. The van der Waals surface area contributed by atoms with Gasteiger partial charge in [0, 0.05) is 31.7 Å². The molecule has 1 aromatic carbocycles. The number of anilines is 1. The molecule has 2 aliphatic heterocycles. The van der Waals surface area contributed by atoms with Gasteiger partial charge in [0.25, 0.3) is 5.91 Å². The third-order valence-corrected chi connectivity index (χ3v) is 5.19. The fourth-order valence-corrected chi connectivity index (χ4v) is 4.03. The standard InChI is InChI=1S/C19H23FN4O4/c1-10-5-24(6-11(2)27-10)17-12(9-25)4-14-16(22-28-18(14)15(17)20)19(26)21-13-7-23(3)8-13/h4,9-11,13H,5-8H2,1-3H3,(H,21,26). The van der Waals surface area contributed by atoms with Crippen molar-refractivity contribution in [2.24, 2.45) is 0 Å². The Balaban J connectivity index is 1.70. The number of nitrogens with one attached hydrogen (secondary N) is 1. The number of hydrogen-bond donors (Lipinski definition) is 1. The molecule has 2 aliphatic rings. The van der Waals surface area contributed by atoms with Crippen molar-refractivity contribution in [1.82, 2.24) is 15.4 Å². The number of halogens is 1. The van der Waals surface area contributed by atoms with Gasteiger partial charge in [-0.05, 0) is 27.0 Å². The van der Waals surface area contributed by atoms with Gasteiger partial charge in [-0.1, -0.05) is 5.16 Å². The van der Waals surface area contributed by atoms with E-state index in [1.54, 1.807) is 4.90 Å². The Hall–Kier alpha value is -2.52. The van der Waals surface area contributed by atoms with Gasteiger partial charge in [0.15, 0.2) is 17.8 Å². The summed E-state index contributed by atoms with van der Waals surface area (Å²) in [5.74, 6) is -1.12. The highest BCUT2D eigenvalue weighted by molar-refractivity contribution is 6.07. The zero-order valence-electron chi connectivity index (χ0n) is 16.1. The highest BCUT2D eigenvalue weighted by Crippen LogP contribution is 2.34. The molecule has 0 spiro atoms. The van der Waals surface area contributed by atoms with Gasteiger partial charge in [-0.25, -0.2) is 4.39 Å². The fourth-order valence-electron chi connectivity index (χ4n) is 4.03. The molecule has 1 N–H and O–H groups in total. The van der Waals surface area contributed by atoms with E-state index in [4.69, 9.17) is 9.26 Å². The van der Waals surface area contributed by atoms with Crippen LogP contribution in [0.5, 0.6) is 0 Å². The summed E-state index contributed by atoms with van der Waals surface area (Å²) in [6.07, 6.45) is 0.392. The van der Waals surface area contributed by atoms with Gasteiger partial charge in [0.1, 0.15) is 0 Å². The number of ether oxygens (including phenoxy) is 1. The Morgan fingerprint density at radius 3 is 2.57 bits per heavy atom. The van der Waals surface area contributed by atoms with Crippen molar-refractivity contribution >= 4 is 28.8 Å². The maximum atomic E-state index is 15.3. The van der Waals surface area contributed by atoms with Crippen molar-refractivity contribution in [3.05, 3.63) is 23.1 Å². The van der Waals surface area contributed by atoms with Crippen LogP contribution in [0.25, 0.3) is 11.0 Å². The fraction of sp³-hybridized carbons (Fsp3) is 0.526. The van der Waals surface area contributed by atoms with Crippen LogP contribution < -0.4 is 10.2 Å². The SMILES string of the molecule is CC1CN(c2c(C=O)cc3c(C(=O)NC4CN(C)C4)noc3c2F)CC(C)O1. The van der Waals surface area contributed by atoms with Gasteiger partial charge in [0.05, 0.1) is 29.3 Å². The molecule has 2 fully saturated rings. The Kier molecular flexibility index (Phi) is 4.80. The maximum absolute atomic E-state index is 15.3.